The van der Waals surface area contributed by atoms with Crippen molar-refractivity contribution in [3.8, 4) is 11.5 Å². The summed E-state index contributed by atoms with van der Waals surface area (Å²) in [7, 11) is -3.62. The zero-order chi connectivity index (χ0) is 22.4. The third-order valence-corrected chi connectivity index (χ3v) is 4.42. The predicted octanol–water partition coefficient (Wildman–Crippen LogP) is 1.33. The number of urea groups is 1. The molecule has 0 aliphatic carbocycles. The van der Waals surface area contributed by atoms with Gasteiger partial charge in [0.1, 0.15) is 13.2 Å². The van der Waals surface area contributed by atoms with Gasteiger partial charge in [0.25, 0.3) is 5.91 Å². The molecule has 164 valence electrons. The molecule has 1 aliphatic heterocycles. The third kappa shape index (κ3) is 6.34. The molecule has 1 heterocycles. The number of carbonyl (C=O) groups is 3. The van der Waals surface area contributed by atoms with Crippen molar-refractivity contribution in [2.24, 2.45) is 0 Å². The van der Waals surface area contributed by atoms with E-state index in [4.69, 9.17) is 14.2 Å². The molecule has 0 bridgehead atoms. The van der Waals surface area contributed by atoms with Gasteiger partial charge in [-0.05, 0) is 24.3 Å². The molecule has 3 amide bonds. The molecule has 2 aromatic carbocycles. The number of para-hydroxylation sites is 1. The number of hydrogen-bond donors (Lipinski definition) is 3. The molecule has 3 N–H and O–H groups in total. The Hall–Kier alpha value is -3.80. The summed E-state index contributed by atoms with van der Waals surface area (Å²) >= 11 is 0. The predicted molar refractivity (Wildman–Crippen MR) is 110 cm³/mol. The first kappa shape index (κ1) is 21.9. The first-order valence-corrected chi connectivity index (χ1v) is 10.8. The van der Waals surface area contributed by atoms with Gasteiger partial charge in [0.15, 0.2) is 18.1 Å². The standard InChI is InChI=1S/C19H19N3O8S/c1-31(26,27)22-14-5-3-2-4-13(14)18(24)30-11-17(23)21-19(25)20-12-6-7-15-16(10-12)29-9-8-28-15/h2-7,10,22H,8-9,11H2,1H3,(H2,20,21,23,25). The highest BCUT2D eigenvalue weighted by Gasteiger charge is 2.18. The van der Waals surface area contributed by atoms with E-state index in [1.807, 2.05) is 5.32 Å². The number of imide groups is 1. The van der Waals surface area contributed by atoms with Crippen LogP contribution in [-0.4, -0.2) is 52.4 Å². The summed E-state index contributed by atoms with van der Waals surface area (Å²) < 4.78 is 40.7. The lowest BCUT2D eigenvalue weighted by Crippen LogP contribution is -2.37. The van der Waals surface area contributed by atoms with Crippen LogP contribution >= 0.6 is 0 Å². The Bertz CT molecular complexity index is 1120. The van der Waals surface area contributed by atoms with Crippen LogP contribution < -0.4 is 24.8 Å². The first-order valence-electron chi connectivity index (χ1n) is 8.96. The summed E-state index contributed by atoms with van der Waals surface area (Å²) in [5.74, 6) is -0.803. The van der Waals surface area contributed by atoms with Gasteiger partial charge in [-0.2, -0.15) is 0 Å². The van der Waals surface area contributed by atoms with E-state index < -0.39 is 34.5 Å². The Morgan fingerprint density at radius 2 is 1.74 bits per heavy atom. The second-order valence-electron chi connectivity index (χ2n) is 6.36. The Morgan fingerprint density at radius 1 is 1.03 bits per heavy atom. The SMILES string of the molecule is CS(=O)(=O)Nc1ccccc1C(=O)OCC(=O)NC(=O)Nc1ccc2c(c1)OCCO2. The number of anilines is 2. The number of sulfonamides is 1. The molecule has 0 unspecified atom stereocenters. The molecular formula is C19H19N3O8S. The van der Waals surface area contributed by atoms with Crippen LogP contribution in [0.3, 0.4) is 0 Å². The van der Waals surface area contributed by atoms with E-state index in [2.05, 4.69) is 10.0 Å². The maximum atomic E-state index is 12.2. The van der Waals surface area contributed by atoms with Crippen molar-refractivity contribution in [2.75, 3.05) is 36.1 Å². The second-order valence-corrected chi connectivity index (χ2v) is 8.11. The topological polar surface area (TPSA) is 149 Å². The van der Waals surface area contributed by atoms with Gasteiger partial charge in [-0.3, -0.25) is 14.8 Å². The van der Waals surface area contributed by atoms with E-state index in [9.17, 15) is 22.8 Å². The molecule has 11 nitrogen and oxygen atoms in total. The number of ether oxygens (including phenoxy) is 3. The Labute approximate surface area is 177 Å². The highest BCUT2D eigenvalue weighted by Crippen LogP contribution is 2.32. The van der Waals surface area contributed by atoms with Gasteiger partial charge in [-0.1, -0.05) is 12.1 Å². The van der Waals surface area contributed by atoms with Crippen molar-refractivity contribution in [3.63, 3.8) is 0 Å². The summed E-state index contributed by atoms with van der Waals surface area (Å²) in [5.41, 5.74) is 0.292. The average molecular weight is 449 g/mol. The Balaban J connectivity index is 1.52. The van der Waals surface area contributed by atoms with Crippen LogP contribution in [0.4, 0.5) is 16.2 Å². The highest BCUT2D eigenvalue weighted by molar-refractivity contribution is 7.92. The number of fused-ring (bicyclic) bond motifs is 1. The van der Waals surface area contributed by atoms with Crippen LogP contribution in [0.1, 0.15) is 10.4 Å². The summed E-state index contributed by atoms with van der Waals surface area (Å²) in [6, 6.07) is 9.64. The van der Waals surface area contributed by atoms with Crippen molar-refractivity contribution in [2.45, 2.75) is 0 Å². The number of rotatable bonds is 6. The van der Waals surface area contributed by atoms with Crippen LogP contribution in [0.15, 0.2) is 42.5 Å². The van der Waals surface area contributed by atoms with Gasteiger partial charge in [-0.25, -0.2) is 18.0 Å². The van der Waals surface area contributed by atoms with Crippen LogP contribution in [0, 0.1) is 0 Å². The zero-order valence-corrected chi connectivity index (χ0v) is 17.2. The lowest BCUT2D eigenvalue weighted by Gasteiger charge is -2.19. The fourth-order valence-corrected chi connectivity index (χ4v) is 3.18. The number of hydrogen-bond acceptors (Lipinski definition) is 8. The van der Waals surface area contributed by atoms with Crippen molar-refractivity contribution >= 4 is 39.3 Å². The molecule has 0 fully saturated rings. The molecule has 0 radical (unpaired) electrons. The van der Waals surface area contributed by atoms with E-state index in [1.54, 1.807) is 18.2 Å². The summed E-state index contributed by atoms with van der Waals surface area (Å²) in [6.07, 6.45) is 0.933. The van der Waals surface area contributed by atoms with Gasteiger partial charge < -0.3 is 19.5 Å². The molecule has 31 heavy (non-hydrogen) atoms. The van der Waals surface area contributed by atoms with Gasteiger partial charge in [-0.15, -0.1) is 0 Å². The maximum absolute atomic E-state index is 12.2. The largest absolute Gasteiger partial charge is 0.486 e. The number of benzene rings is 2. The number of amides is 3. The fourth-order valence-electron chi connectivity index (χ4n) is 2.60. The van der Waals surface area contributed by atoms with E-state index in [-0.39, 0.29) is 11.3 Å². The molecule has 0 atom stereocenters. The number of esters is 1. The minimum atomic E-state index is -3.62. The van der Waals surface area contributed by atoms with Crippen LogP contribution in [0.5, 0.6) is 11.5 Å². The summed E-state index contributed by atoms with van der Waals surface area (Å²) in [6.45, 7) is 0.0677. The van der Waals surface area contributed by atoms with Crippen LogP contribution in [0.25, 0.3) is 0 Å². The molecule has 0 saturated carbocycles. The number of carbonyl (C=O) groups excluding carboxylic acids is 3. The first-order chi connectivity index (χ1) is 14.7. The normalized spacial score (nSPS) is 12.4. The molecule has 0 spiro atoms. The van der Waals surface area contributed by atoms with E-state index in [0.29, 0.717) is 30.4 Å². The number of nitrogens with one attached hydrogen (secondary N) is 3. The van der Waals surface area contributed by atoms with Crippen LogP contribution in [0.2, 0.25) is 0 Å². The fraction of sp³-hybridized carbons (Fsp3) is 0.211. The third-order valence-electron chi connectivity index (χ3n) is 3.83. The highest BCUT2D eigenvalue weighted by atomic mass is 32.2. The van der Waals surface area contributed by atoms with Crippen molar-refractivity contribution < 1.29 is 37.0 Å². The second kappa shape index (κ2) is 9.34. The molecule has 0 aromatic heterocycles. The van der Waals surface area contributed by atoms with Crippen LogP contribution in [-0.2, 0) is 19.6 Å². The van der Waals surface area contributed by atoms with Gasteiger partial charge in [0, 0.05) is 11.8 Å². The van der Waals surface area contributed by atoms with Crippen molar-refractivity contribution in [1.29, 1.82) is 0 Å². The van der Waals surface area contributed by atoms with Crippen molar-refractivity contribution in [1.82, 2.24) is 5.32 Å². The lowest BCUT2D eigenvalue weighted by molar-refractivity contribution is -0.123. The molecule has 0 saturated heterocycles. The van der Waals surface area contributed by atoms with Crippen molar-refractivity contribution in [3.05, 3.63) is 48.0 Å². The average Bonchev–Trinajstić information content (AvgIpc) is 2.71. The van der Waals surface area contributed by atoms with E-state index in [1.165, 1.54) is 24.3 Å². The summed E-state index contributed by atoms with van der Waals surface area (Å²) in [4.78, 5) is 36.1. The van der Waals surface area contributed by atoms with Gasteiger partial charge in [0.05, 0.1) is 17.5 Å². The molecular weight excluding hydrogens is 430 g/mol. The summed E-state index contributed by atoms with van der Waals surface area (Å²) in [5, 5.41) is 4.47. The molecule has 3 rings (SSSR count). The quantitative estimate of drug-likeness (QED) is 0.559. The smallest absolute Gasteiger partial charge is 0.340 e. The zero-order valence-electron chi connectivity index (χ0n) is 16.3. The maximum Gasteiger partial charge on any atom is 0.340 e. The molecule has 12 heteroatoms. The molecule has 2 aromatic rings. The van der Waals surface area contributed by atoms with E-state index >= 15 is 0 Å². The van der Waals surface area contributed by atoms with E-state index in [0.717, 1.165) is 6.26 Å². The van der Waals surface area contributed by atoms with Gasteiger partial charge >= 0.3 is 12.0 Å². The minimum absolute atomic E-state index is 0.00626. The lowest BCUT2D eigenvalue weighted by atomic mass is 10.2. The Morgan fingerprint density at radius 3 is 2.48 bits per heavy atom. The molecule has 1 aliphatic rings. The minimum Gasteiger partial charge on any atom is -0.486 e. The Kier molecular flexibility index (Phi) is 6.60. The van der Waals surface area contributed by atoms with Gasteiger partial charge in [0.2, 0.25) is 10.0 Å². The monoisotopic (exact) mass is 449 g/mol.